The van der Waals surface area contributed by atoms with Crippen LogP contribution in [-0.2, 0) is 47.2 Å². The normalized spacial score (nSPS) is 13.1. The first kappa shape index (κ1) is 29.9. The smallest absolute Gasteiger partial charge is 0.677 e. The quantitative estimate of drug-likeness (QED) is 0.146. The van der Waals surface area contributed by atoms with Crippen molar-refractivity contribution in [3.8, 4) is 0 Å². The van der Waals surface area contributed by atoms with Crippen LogP contribution in [0.2, 0.25) is 0 Å². The molecule has 4 aromatic heterocycles. The first-order chi connectivity index (χ1) is 17.2. The third-order valence-electron chi connectivity index (χ3n) is 4.71. The Morgan fingerprint density at radius 1 is 1.19 bits per heavy atom. The van der Waals surface area contributed by atoms with Crippen molar-refractivity contribution in [2.24, 2.45) is 0 Å². The van der Waals surface area contributed by atoms with Gasteiger partial charge < -0.3 is 41.2 Å². The Morgan fingerprint density at radius 3 is 2.62 bits per heavy atom. The predicted octanol–water partition coefficient (Wildman–Crippen LogP) is 0.785. The number of rotatable bonds is 10. The van der Waals surface area contributed by atoms with Crippen LogP contribution < -0.4 is 11.0 Å². The molecule has 0 radical (unpaired) electrons. The second-order valence-corrected chi connectivity index (χ2v) is 8.85. The number of aromatic amines is 4. The van der Waals surface area contributed by atoms with Crippen molar-refractivity contribution in [1.82, 2.24) is 29.9 Å². The van der Waals surface area contributed by atoms with Crippen molar-refractivity contribution >= 4 is 27.8 Å². The number of carbonyl (C=O) groups is 1. The summed E-state index contributed by atoms with van der Waals surface area (Å²) in [7, 11) is -1.43. The summed E-state index contributed by atoms with van der Waals surface area (Å²) >= 11 is 0. The topological polar surface area (TPSA) is 236 Å². The maximum Gasteiger partial charge on any atom is 2.00 e. The van der Waals surface area contributed by atoms with E-state index in [0.717, 1.165) is 0 Å². The molecule has 0 fully saturated rings. The third kappa shape index (κ3) is 9.26. The van der Waals surface area contributed by atoms with Crippen molar-refractivity contribution in [2.45, 2.75) is 36.0 Å². The Bertz CT molecular complexity index is 1420. The van der Waals surface area contributed by atoms with Gasteiger partial charge in [-0.1, -0.05) is 6.42 Å². The number of aromatic nitrogens is 6. The van der Waals surface area contributed by atoms with Gasteiger partial charge >= 0.3 is 19.5 Å². The van der Waals surface area contributed by atoms with Crippen molar-refractivity contribution in [3.63, 3.8) is 0 Å². The minimum atomic E-state index is -1.43. The van der Waals surface area contributed by atoms with E-state index in [1.807, 2.05) is 0 Å². The number of carboxylic acids is 1. The van der Waals surface area contributed by atoms with Crippen LogP contribution in [-0.4, -0.2) is 69.1 Å². The van der Waals surface area contributed by atoms with Crippen LogP contribution in [0.3, 0.4) is 0 Å². The Hall–Kier alpha value is -3.30. The van der Waals surface area contributed by atoms with Crippen LogP contribution in [0.15, 0.2) is 57.9 Å². The minimum absolute atomic E-state index is 0. The molecule has 0 spiro atoms. The monoisotopic (exact) mass is 580 g/mol. The molecule has 0 bridgehead atoms. The van der Waals surface area contributed by atoms with E-state index >= 15 is 0 Å². The number of imidazole rings is 2. The molecule has 0 aliphatic heterocycles. The number of hydrogen-bond donors (Lipinski definition) is 6. The zero-order chi connectivity index (χ0) is 26.1. The fraction of sp³-hybridized carbons (Fsp3) is 0.286. The molecule has 2 unspecified atom stereocenters. The van der Waals surface area contributed by atoms with Crippen LogP contribution in [0.4, 0.5) is 0 Å². The van der Waals surface area contributed by atoms with Crippen molar-refractivity contribution in [1.29, 1.82) is 0 Å². The average Bonchev–Trinajstić information content (AvgIpc) is 3.49. The van der Waals surface area contributed by atoms with Crippen LogP contribution in [0, 0.1) is 0 Å². The predicted molar refractivity (Wildman–Crippen MR) is 131 cm³/mol. The molecule has 4 aromatic rings. The van der Waals surface area contributed by atoms with Gasteiger partial charge in [0.15, 0.2) is 10.6 Å². The number of nitrogens with zero attached hydrogens (tertiary/aromatic N) is 3. The van der Waals surface area contributed by atoms with Gasteiger partial charge in [0.2, 0.25) is 5.56 Å². The molecule has 4 rings (SSSR count). The number of carboxylic acid groups (broad SMARTS) is 1. The molecule has 192 valence electrons. The zero-order valence-electron chi connectivity index (χ0n) is 19.5. The summed E-state index contributed by atoms with van der Waals surface area (Å²) in [5, 5.41) is 22.2. The number of hydrogen-bond acceptors (Lipinski definition) is 7. The molecule has 0 aliphatic carbocycles. The third-order valence-corrected chi connectivity index (χ3v) is 5.91. The molecule has 0 aromatic carbocycles. The van der Waals surface area contributed by atoms with Gasteiger partial charge in [0, 0.05) is 48.2 Å². The van der Waals surface area contributed by atoms with Crippen molar-refractivity contribution in [3.05, 3.63) is 86.1 Å². The molecule has 0 saturated carbocycles. The Balaban J connectivity index is 0.000000260. The number of pyridine rings is 2. The molecule has 14 nitrogen and oxygen atoms in total. The molecule has 0 amide bonds. The molecular formula is C21H24N8O6SZn. The fourth-order valence-corrected chi connectivity index (χ4v) is 4.03. The molecule has 37 heavy (non-hydrogen) atoms. The molecule has 4 heterocycles. The van der Waals surface area contributed by atoms with Gasteiger partial charge in [-0.05, 0) is 18.7 Å². The molecule has 7 N–H and O–H groups in total. The average molecular weight is 582 g/mol. The van der Waals surface area contributed by atoms with Gasteiger partial charge in [-0.15, -0.1) is 0 Å². The van der Waals surface area contributed by atoms with E-state index in [1.54, 1.807) is 0 Å². The van der Waals surface area contributed by atoms with Gasteiger partial charge in [-0.3, -0.25) is 18.6 Å². The first-order valence-electron chi connectivity index (χ1n) is 10.6. The Kier molecular flexibility index (Phi) is 11.7. The summed E-state index contributed by atoms with van der Waals surface area (Å²) < 4.78 is 12.2. The fourth-order valence-electron chi connectivity index (χ4n) is 3.02. The minimum Gasteiger partial charge on any atom is -0.677 e. The number of fused-ring (bicyclic) bond motifs is 1. The van der Waals surface area contributed by atoms with E-state index in [1.165, 1.54) is 43.1 Å². The van der Waals surface area contributed by atoms with Gasteiger partial charge in [0.1, 0.15) is 0 Å². The Labute approximate surface area is 224 Å². The second kappa shape index (κ2) is 14.4. The summed E-state index contributed by atoms with van der Waals surface area (Å²) in [5.74, 6) is -0.956. The first-order valence-corrected chi connectivity index (χ1v) is 11.9. The summed E-state index contributed by atoms with van der Waals surface area (Å²) in [6, 6.07) is 3.10. The van der Waals surface area contributed by atoms with E-state index in [0.29, 0.717) is 22.4 Å². The number of nitrogens with one attached hydrogen (secondary N) is 5. The summed E-state index contributed by atoms with van der Waals surface area (Å²) in [4.78, 5) is 52.2. The molecular weight excluding hydrogens is 558 g/mol. The molecule has 0 saturated heterocycles. The van der Waals surface area contributed by atoms with Gasteiger partial charge in [0.05, 0.1) is 33.9 Å². The number of aliphatic hydroxyl groups is 1. The molecule has 16 heteroatoms. The number of aliphatic carboxylic acids is 1. The van der Waals surface area contributed by atoms with Crippen molar-refractivity contribution < 1.29 is 38.7 Å². The molecule has 0 aliphatic rings. The SMILES string of the molecule is O=c1cc[nH]c(CS(=O)c2nc3cc(=O)[nH]cc3[nH]2)c1.[NH-]CC[C@@H](O)[N-]C(Cc1cnc[nH]1)C(=O)O.[Zn+2]. The zero-order valence-corrected chi connectivity index (χ0v) is 23.3. The van der Waals surface area contributed by atoms with Gasteiger partial charge in [-0.25, -0.2) is 9.97 Å². The number of aliphatic hydroxyl groups excluding tert-OH is 1. The van der Waals surface area contributed by atoms with Gasteiger partial charge in [0.25, 0.3) is 5.97 Å². The molecule has 3 atom stereocenters. The summed E-state index contributed by atoms with van der Waals surface area (Å²) in [5.41, 5.74) is 8.75. The van der Waals surface area contributed by atoms with Crippen LogP contribution in [0.1, 0.15) is 17.8 Å². The summed E-state index contributed by atoms with van der Waals surface area (Å²) in [6.07, 6.45) is 5.16. The van der Waals surface area contributed by atoms with Crippen LogP contribution in [0.25, 0.3) is 22.1 Å². The van der Waals surface area contributed by atoms with Crippen molar-refractivity contribution in [2.75, 3.05) is 6.54 Å². The largest absolute Gasteiger partial charge is 2.00 e. The summed E-state index contributed by atoms with van der Waals surface area (Å²) in [6.45, 7) is 0.0149. The van der Waals surface area contributed by atoms with Crippen LogP contribution in [0.5, 0.6) is 0 Å². The van der Waals surface area contributed by atoms with E-state index in [4.69, 9.17) is 10.8 Å². The number of H-pyrrole nitrogens is 4. The standard InChI is InChI=1S/C12H10N4O3S.C9H14N4O3.Zn/c17-8-1-2-13-7(3-8)6-20(19)12-15-9-4-11(18)14-5-10(9)16-12;10-2-1-8(14)13-7(9(15)16)3-6-4-11-5-12-6;/h1-5H,6H2,(H,13,17)(H,14,18)(H,15,16);4-5,7-8,10,14H,1-3H2,(H,11,12)(H,15,16);/q;-2;+2/t;7?,8-;/m.1./s1. The van der Waals surface area contributed by atoms with E-state index in [9.17, 15) is 23.7 Å². The van der Waals surface area contributed by atoms with E-state index < -0.39 is 29.0 Å². The van der Waals surface area contributed by atoms with E-state index in [-0.39, 0.29) is 60.8 Å². The van der Waals surface area contributed by atoms with Gasteiger partial charge in [-0.2, -0.15) is 6.54 Å². The van der Waals surface area contributed by atoms with E-state index in [2.05, 4.69) is 35.2 Å². The maximum atomic E-state index is 12.2. The Morgan fingerprint density at radius 2 is 1.97 bits per heavy atom. The second-order valence-electron chi connectivity index (χ2n) is 7.48. The van der Waals surface area contributed by atoms with Crippen LogP contribution >= 0.6 is 0 Å². The maximum absolute atomic E-state index is 12.2.